The SMILES string of the molecule is CC(=O)c1cc([N+](=O)[O-])nn1C1CCCCO1. The molecule has 2 rings (SSSR count). The number of rotatable bonds is 3. The predicted molar refractivity (Wildman–Crippen MR) is 57.7 cm³/mol. The van der Waals surface area contributed by atoms with Gasteiger partial charge in [-0.05, 0) is 24.2 Å². The maximum atomic E-state index is 11.4. The van der Waals surface area contributed by atoms with E-state index in [0.717, 1.165) is 19.3 Å². The number of nitrogens with zero attached hydrogens (tertiary/aromatic N) is 3. The minimum Gasteiger partial charge on any atom is -0.358 e. The molecule has 1 saturated heterocycles. The van der Waals surface area contributed by atoms with E-state index in [1.54, 1.807) is 0 Å². The third kappa shape index (κ3) is 2.33. The van der Waals surface area contributed by atoms with Gasteiger partial charge in [0.2, 0.25) is 0 Å². The summed E-state index contributed by atoms with van der Waals surface area (Å²) in [5.41, 5.74) is 0.226. The summed E-state index contributed by atoms with van der Waals surface area (Å²) < 4.78 is 6.81. The molecule has 0 saturated carbocycles. The van der Waals surface area contributed by atoms with Crippen molar-refractivity contribution in [3.05, 3.63) is 21.9 Å². The van der Waals surface area contributed by atoms with Gasteiger partial charge >= 0.3 is 5.82 Å². The quantitative estimate of drug-likeness (QED) is 0.455. The second-order valence-corrected chi connectivity index (χ2v) is 3.97. The maximum absolute atomic E-state index is 11.4. The first-order valence-corrected chi connectivity index (χ1v) is 5.46. The van der Waals surface area contributed by atoms with Crippen molar-refractivity contribution < 1.29 is 14.5 Å². The predicted octanol–water partition coefficient (Wildman–Crippen LogP) is 1.69. The summed E-state index contributed by atoms with van der Waals surface area (Å²) in [4.78, 5) is 21.4. The molecule has 1 aliphatic rings. The Morgan fingerprint density at radius 2 is 2.41 bits per heavy atom. The maximum Gasteiger partial charge on any atom is 0.390 e. The lowest BCUT2D eigenvalue weighted by molar-refractivity contribution is -0.390. The Labute approximate surface area is 97.5 Å². The molecule has 0 radical (unpaired) electrons. The monoisotopic (exact) mass is 239 g/mol. The minimum atomic E-state index is -0.605. The molecule has 0 N–H and O–H groups in total. The summed E-state index contributed by atoms with van der Waals surface area (Å²) in [6, 6.07) is 1.19. The van der Waals surface area contributed by atoms with Crippen molar-refractivity contribution in [2.24, 2.45) is 0 Å². The average Bonchev–Trinajstić information content (AvgIpc) is 2.75. The van der Waals surface area contributed by atoms with E-state index in [0.29, 0.717) is 6.61 Å². The Bertz CT molecular complexity index is 448. The standard InChI is InChI=1S/C10H13N3O4/c1-7(14)8-6-9(13(15)16)11-12(8)10-4-2-3-5-17-10/h6,10H,2-5H2,1H3. The highest BCUT2D eigenvalue weighted by atomic mass is 16.6. The van der Waals surface area contributed by atoms with Crippen LogP contribution in [0.4, 0.5) is 5.82 Å². The number of hydrogen-bond acceptors (Lipinski definition) is 5. The van der Waals surface area contributed by atoms with Gasteiger partial charge in [-0.2, -0.15) is 0 Å². The molecule has 1 unspecified atom stereocenters. The van der Waals surface area contributed by atoms with Crippen LogP contribution in [0.25, 0.3) is 0 Å². The normalized spacial score (nSPS) is 20.2. The van der Waals surface area contributed by atoms with E-state index in [2.05, 4.69) is 5.10 Å². The van der Waals surface area contributed by atoms with Crippen molar-refractivity contribution in [3.8, 4) is 0 Å². The van der Waals surface area contributed by atoms with Crippen LogP contribution in [0, 0.1) is 10.1 Å². The summed E-state index contributed by atoms with van der Waals surface area (Å²) in [7, 11) is 0. The molecule has 0 bridgehead atoms. The van der Waals surface area contributed by atoms with Crippen LogP contribution >= 0.6 is 0 Å². The highest BCUT2D eigenvalue weighted by Crippen LogP contribution is 2.25. The lowest BCUT2D eigenvalue weighted by Gasteiger charge is -2.21. The molecule has 1 atom stereocenters. The van der Waals surface area contributed by atoms with Gasteiger partial charge in [0.05, 0.1) is 11.2 Å². The summed E-state index contributed by atoms with van der Waals surface area (Å²) >= 11 is 0. The second-order valence-electron chi connectivity index (χ2n) is 3.97. The summed E-state index contributed by atoms with van der Waals surface area (Å²) in [6.07, 6.45) is 2.29. The van der Waals surface area contributed by atoms with Gasteiger partial charge in [0.15, 0.2) is 12.0 Å². The van der Waals surface area contributed by atoms with Crippen LogP contribution in [0.15, 0.2) is 6.07 Å². The van der Waals surface area contributed by atoms with Crippen molar-refractivity contribution in [3.63, 3.8) is 0 Å². The highest BCUT2D eigenvalue weighted by Gasteiger charge is 2.28. The van der Waals surface area contributed by atoms with E-state index >= 15 is 0 Å². The number of carbonyl (C=O) groups is 1. The van der Waals surface area contributed by atoms with Gasteiger partial charge in [-0.1, -0.05) is 0 Å². The number of aromatic nitrogens is 2. The Morgan fingerprint density at radius 3 is 2.94 bits per heavy atom. The van der Waals surface area contributed by atoms with Crippen LogP contribution < -0.4 is 0 Å². The topological polar surface area (TPSA) is 87.3 Å². The van der Waals surface area contributed by atoms with Crippen LogP contribution in [0.2, 0.25) is 0 Å². The molecule has 1 aromatic heterocycles. The molecular formula is C10H13N3O4. The fourth-order valence-electron chi connectivity index (χ4n) is 1.87. The molecular weight excluding hydrogens is 226 g/mol. The largest absolute Gasteiger partial charge is 0.390 e. The van der Waals surface area contributed by atoms with Gasteiger partial charge in [-0.25, -0.2) is 0 Å². The molecule has 7 nitrogen and oxygen atoms in total. The molecule has 1 fully saturated rings. The van der Waals surface area contributed by atoms with Crippen LogP contribution in [-0.4, -0.2) is 27.1 Å². The molecule has 1 aliphatic heterocycles. The fraction of sp³-hybridized carbons (Fsp3) is 0.600. The number of nitro groups is 1. The van der Waals surface area contributed by atoms with Crippen LogP contribution in [0.3, 0.4) is 0 Å². The van der Waals surface area contributed by atoms with Gasteiger partial charge in [0.25, 0.3) is 0 Å². The third-order valence-corrected chi connectivity index (χ3v) is 2.70. The molecule has 2 heterocycles. The first-order valence-electron chi connectivity index (χ1n) is 5.46. The Morgan fingerprint density at radius 1 is 1.65 bits per heavy atom. The lowest BCUT2D eigenvalue weighted by atomic mass is 10.2. The fourth-order valence-corrected chi connectivity index (χ4v) is 1.87. The highest BCUT2D eigenvalue weighted by molar-refractivity contribution is 5.92. The van der Waals surface area contributed by atoms with E-state index in [1.807, 2.05) is 0 Å². The van der Waals surface area contributed by atoms with Crippen LogP contribution in [0.5, 0.6) is 0 Å². The van der Waals surface area contributed by atoms with Crippen LogP contribution in [-0.2, 0) is 4.74 Å². The molecule has 0 aliphatic carbocycles. The summed E-state index contributed by atoms with van der Waals surface area (Å²) in [5, 5.41) is 14.5. The van der Waals surface area contributed by atoms with Gasteiger partial charge in [0.1, 0.15) is 5.69 Å². The molecule has 0 amide bonds. The smallest absolute Gasteiger partial charge is 0.358 e. The molecule has 92 valence electrons. The number of carbonyl (C=O) groups excluding carboxylic acids is 1. The number of ether oxygens (including phenoxy) is 1. The number of hydrogen-bond donors (Lipinski definition) is 0. The average molecular weight is 239 g/mol. The third-order valence-electron chi connectivity index (χ3n) is 2.70. The zero-order chi connectivity index (χ0) is 12.4. The van der Waals surface area contributed by atoms with Crippen molar-refractivity contribution in [1.82, 2.24) is 9.78 Å². The van der Waals surface area contributed by atoms with Crippen LogP contribution in [0.1, 0.15) is 42.9 Å². The lowest BCUT2D eigenvalue weighted by Crippen LogP contribution is -2.22. The number of Topliss-reactive ketones (excluding diaryl/α,β-unsaturated/α-hetero) is 1. The number of ketones is 1. The Balaban J connectivity index is 2.36. The van der Waals surface area contributed by atoms with E-state index in [9.17, 15) is 14.9 Å². The van der Waals surface area contributed by atoms with E-state index in [4.69, 9.17) is 4.74 Å². The molecule has 7 heteroatoms. The van der Waals surface area contributed by atoms with E-state index < -0.39 is 4.92 Å². The van der Waals surface area contributed by atoms with E-state index in [-0.39, 0.29) is 23.5 Å². The van der Waals surface area contributed by atoms with Crippen molar-refractivity contribution in [2.45, 2.75) is 32.4 Å². The molecule has 1 aromatic rings. The van der Waals surface area contributed by atoms with Crippen molar-refractivity contribution in [2.75, 3.05) is 6.61 Å². The molecule has 0 spiro atoms. The summed E-state index contributed by atoms with van der Waals surface area (Å²) in [5.74, 6) is -0.566. The summed E-state index contributed by atoms with van der Waals surface area (Å²) in [6.45, 7) is 1.95. The Hall–Kier alpha value is -1.76. The van der Waals surface area contributed by atoms with Gasteiger partial charge in [-0.3, -0.25) is 4.79 Å². The zero-order valence-electron chi connectivity index (χ0n) is 9.46. The van der Waals surface area contributed by atoms with Gasteiger partial charge < -0.3 is 14.9 Å². The minimum absolute atomic E-state index is 0.226. The zero-order valence-corrected chi connectivity index (χ0v) is 9.46. The van der Waals surface area contributed by atoms with E-state index in [1.165, 1.54) is 17.7 Å². The van der Waals surface area contributed by atoms with Crippen molar-refractivity contribution >= 4 is 11.6 Å². The van der Waals surface area contributed by atoms with Crippen molar-refractivity contribution in [1.29, 1.82) is 0 Å². The van der Waals surface area contributed by atoms with Gasteiger partial charge in [-0.15, -0.1) is 4.68 Å². The molecule has 17 heavy (non-hydrogen) atoms. The second kappa shape index (κ2) is 4.62. The first-order chi connectivity index (χ1) is 8.09. The first kappa shape index (κ1) is 11.7. The van der Waals surface area contributed by atoms with Gasteiger partial charge in [0, 0.05) is 13.5 Å². The molecule has 0 aromatic carbocycles. The Kier molecular flexibility index (Phi) is 3.19.